The van der Waals surface area contributed by atoms with Crippen molar-refractivity contribution in [3.8, 4) is 11.5 Å². The SMILES string of the molecule is Cc1cc(Oc2ccc(N=Cc3c(=O)[nH]c4ccc5[nH]cccc5c34)cc2)ccc1C(=O)O. The van der Waals surface area contributed by atoms with Crippen molar-refractivity contribution in [3.63, 3.8) is 0 Å². The van der Waals surface area contributed by atoms with Crippen molar-refractivity contribution in [1.82, 2.24) is 9.97 Å². The Bertz CT molecular complexity index is 1590. The van der Waals surface area contributed by atoms with Crippen LogP contribution in [0.15, 0.2) is 82.7 Å². The molecule has 3 aromatic carbocycles. The number of carbonyl (C=O) groups is 1. The Morgan fingerprint density at radius 3 is 2.52 bits per heavy atom. The second kappa shape index (κ2) is 8.12. The Morgan fingerprint density at radius 1 is 1.00 bits per heavy atom. The third-order valence-corrected chi connectivity index (χ3v) is 5.45. The average molecular weight is 437 g/mol. The van der Waals surface area contributed by atoms with Crippen LogP contribution in [0.3, 0.4) is 0 Å². The molecule has 0 atom stereocenters. The van der Waals surface area contributed by atoms with Gasteiger partial charge in [-0.3, -0.25) is 9.79 Å². The van der Waals surface area contributed by atoms with Gasteiger partial charge in [0.15, 0.2) is 0 Å². The van der Waals surface area contributed by atoms with E-state index in [4.69, 9.17) is 9.84 Å². The van der Waals surface area contributed by atoms with Gasteiger partial charge in [-0.15, -0.1) is 0 Å². The van der Waals surface area contributed by atoms with E-state index in [1.165, 1.54) is 6.07 Å². The van der Waals surface area contributed by atoms with Gasteiger partial charge in [0.2, 0.25) is 0 Å². The van der Waals surface area contributed by atoms with Crippen LogP contribution < -0.4 is 10.3 Å². The van der Waals surface area contributed by atoms with Gasteiger partial charge < -0.3 is 19.8 Å². The molecule has 5 aromatic rings. The van der Waals surface area contributed by atoms with Crippen LogP contribution >= 0.6 is 0 Å². The molecule has 3 N–H and O–H groups in total. The third kappa shape index (κ3) is 3.87. The average Bonchev–Trinajstić information content (AvgIpc) is 3.14. The monoisotopic (exact) mass is 437 g/mol. The molecule has 0 aliphatic rings. The summed E-state index contributed by atoms with van der Waals surface area (Å²) in [4.78, 5) is 34.3. The fourth-order valence-corrected chi connectivity index (χ4v) is 3.84. The first-order chi connectivity index (χ1) is 16.0. The highest BCUT2D eigenvalue weighted by atomic mass is 16.5. The van der Waals surface area contributed by atoms with Gasteiger partial charge in [-0.25, -0.2) is 4.79 Å². The number of pyridine rings is 1. The van der Waals surface area contributed by atoms with E-state index >= 15 is 0 Å². The first-order valence-corrected chi connectivity index (χ1v) is 10.3. The van der Waals surface area contributed by atoms with Crippen molar-refractivity contribution in [3.05, 3.63) is 100.0 Å². The summed E-state index contributed by atoms with van der Waals surface area (Å²) in [6.07, 6.45) is 3.43. The molecular weight excluding hydrogens is 418 g/mol. The number of ether oxygens (including phenoxy) is 1. The zero-order valence-electron chi connectivity index (χ0n) is 17.6. The molecule has 33 heavy (non-hydrogen) atoms. The maximum atomic E-state index is 12.5. The predicted octanol–water partition coefficient (Wildman–Crippen LogP) is 5.56. The van der Waals surface area contributed by atoms with Crippen LogP contribution in [0.1, 0.15) is 21.5 Å². The van der Waals surface area contributed by atoms with Crippen LogP contribution in [0.25, 0.3) is 21.8 Å². The Morgan fingerprint density at radius 2 is 1.76 bits per heavy atom. The first-order valence-electron chi connectivity index (χ1n) is 10.3. The number of benzene rings is 3. The lowest BCUT2D eigenvalue weighted by atomic mass is 10.1. The van der Waals surface area contributed by atoms with Gasteiger partial charge in [-0.2, -0.15) is 0 Å². The largest absolute Gasteiger partial charge is 0.478 e. The smallest absolute Gasteiger partial charge is 0.335 e. The second-order valence-electron chi connectivity index (χ2n) is 7.62. The highest BCUT2D eigenvalue weighted by Gasteiger charge is 2.11. The molecule has 0 saturated heterocycles. The molecule has 0 bridgehead atoms. The maximum absolute atomic E-state index is 12.5. The molecular formula is C26H19N3O4. The number of aliphatic imine (C=N–C) groups is 1. The van der Waals surface area contributed by atoms with Crippen molar-refractivity contribution in [1.29, 1.82) is 0 Å². The number of fused-ring (bicyclic) bond motifs is 3. The molecule has 2 heterocycles. The minimum atomic E-state index is -0.969. The van der Waals surface area contributed by atoms with Crippen LogP contribution in [0.4, 0.5) is 5.69 Å². The highest BCUT2D eigenvalue weighted by molar-refractivity contribution is 6.13. The Labute approximate surface area is 188 Å². The minimum absolute atomic E-state index is 0.190. The standard InChI is InChI=1S/C26H19N3O4/c1-15-13-18(8-9-19(15)26(31)32)33-17-6-4-16(5-7-17)28-14-21-24-20-3-2-12-27-22(20)10-11-23(24)29-25(21)30/h2-14,27H,1H3,(H,29,30)(H,31,32). The molecule has 0 radical (unpaired) electrons. The molecule has 0 unspecified atom stereocenters. The molecule has 0 aliphatic carbocycles. The first kappa shape index (κ1) is 20.3. The fourth-order valence-electron chi connectivity index (χ4n) is 3.84. The number of hydrogen-bond donors (Lipinski definition) is 3. The maximum Gasteiger partial charge on any atom is 0.335 e. The second-order valence-corrected chi connectivity index (χ2v) is 7.62. The van der Waals surface area contributed by atoms with Gasteiger partial charge in [-0.05, 0) is 73.2 Å². The van der Waals surface area contributed by atoms with Crippen molar-refractivity contribution < 1.29 is 14.6 Å². The van der Waals surface area contributed by atoms with E-state index in [1.54, 1.807) is 49.5 Å². The predicted molar refractivity (Wildman–Crippen MR) is 128 cm³/mol. The highest BCUT2D eigenvalue weighted by Crippen LogP contribution is 2.27. The van der Waals surface area contributed by atoms with E-state index in [9.17, 15) is 9.59 Å². The van der Waals surface area contributed by atoms with Crippen molar-refractivity contribution in [2.75, 3.05) is 0 Å². The summed E-state index contributed by atoms with van der Waals surface area (Å²) < 4.78 is 5.82. The summed E-state index contributed by atoms with van der Waals surface area (Å²) in [5.41, 5.74) is 3.55. The normalized spacial score (nSPS) is 11.4. The van der Waals surface area contributed by atoms with E-state index in [2.05, 4.69) is 15.0 Å². The number of nitrogens with one attached hydrogen (secondary N) is 2. The Kier molecular flexibility index (Phi) is 4.99. The molecule has 2 aromatic heterocycles. The number of aromatic amines is 2. The lowest BCUT2D eigenvalue weighted by molar-refractivity contribution is 0.0696. The number of aromatic nitrogens is 2. The summed E-state index contributed by atoms with van der Waals surface area (Å²) in [7, 11) is 0. The van der Waals surface area contributed by atoms with Gasteiger partial charge >= 0.3 is 5.97 Å². The molecule has 0 amide bonds. The summed E-state index contributed by atoms with van der Waals surface area (Å²) >= 11 is 0. The number of aromatic carboxylic acids is 1. The van der Waals surface area contributed by atoms with Crippen LogP contribution in [-0.4, -0.2) is 27.3 Å². The van der Waals surface area contributed by atoms with E-state index in [1.807, 2.05) is 30.5 Å². The van der Waals surface area contributed by atoms with Gasteiger partial charge in [0.1, 0.15) is 11.5 Å². The minimum Gasteiger partial charge on any atom is -0.478 e. The molecule has 7 nitrogen and oxygen atoms in total. The van der Waals surface area contributed by atoms with Crippen LogP contribution in [0, 0.1) is 6.92 Å². The number of H-pyrrole nitrogens is 2. The molecule has 0 aliphatic heterocycles. The Balaban J connectivity index is 1.40. The molecule has 162 valence electrons. The zero-order valence-corrected chi connectivity index (χ0v) is 17.6. The molecule has 0 fully saturated rings. The van der Waals surface area contributed by atoms with E-state index in [-0.39, 0.29) is 11.1 Å². The van der Waals surface area contributed by atoms with E-state index < -0.39 is 5.97 Å². The topological polar surface area (TPSA) is 108 Å². The number of rotatable bonds is 5. The lowest BCUT2D eigenvalue weighted by Gasteiger charge is -2.08. The zero-order chi connectivity index (χ0) is 22.9. The quantitative estimate of drug-likeness (QED) is 0.313. The number of aryl methyl sites for hydroxylation is 1. The number of hydrogen-bond acceptors (Lipinski definition) is 4. The van der Waals surface area contributed by atoms with Gasteiger partial charge in [0, 0.05) is 34.2 Å². The summed E-state index contributed by atoms with van der Waals surface area (Å²) in [6.45, 7) is 1.73. The van der Waals surface area contributed by atoms with Crippen LogP contribution in [0.2, 0.25) is 0 Å². The van der Waals surface area contributed by atoms with Gasteiger partial charge in [-0.1, -0.05) is 6.07 Å². The van der Waals surface area contributed by atoms with Crippen molar-refractivity contribution >= 4 is 39.7 Å². The van der Waals surface area contributed by atoms with Crippen molar-refractivity contribution in [2.45, 2.75) is 6.92 Å². The third-order valence-electron chi connectivity index (χ3n) is 5.45. The van der Waals surface area contributed by atoms with Crippen molar-refractivity contribution in [2.24, 2.45) is 4.99 Å². The van der Waals surface area contributed by atoms with Crippen LogP contribution in [-0.2, 0) is 0 Å². The molecule has 0 saturated carbocycles. The number of carboxylic acids is 1. The van der Waals surface area contributed by atoms with E-state index in [0.29, 0.717) is 28.3 Å². The van der Waals surface area contributed by atoms with E-state index in [0.717, 1.165) is 21.8 Å². The summed E-state index contributed by atoms with van der Waals surface area (Å²) in [5.74, 6) is 0.172. The number of carboxylic acid groups (broad SMARTS) is 1. The van der Waals surface area contributed by atoms with Gasteiger partial charge in [0.25, 0.3) is 5.56 Å². The van der Waals surface area contributed by atoms with Gasteiger partial charge in [0.05, 0.1) is 16.8 Å². The number of nitrogens with zero attached hydrogens (tertiary/aromatic N) is 1. The van der Waals surface area contributed by atoms with Crippen LogP contribution in [0.5, 0.6) is 11.5 Å². The summed E-state index contributed by atoms with van der Waals surface area (Å²) in [6, 6.07) is 19.6. The Hall–Kier alpha value is -4.65. The molecule has 5 rings (SSSR count). The lowest BCUT2D eigenvalue weighted by Crippen LogP contribution is -2.04. The molecule has 7 heteroatoms. The summed E-state index contributed by atoms with van der Waals surface area (Å²) in [5, 5.41) is 10.9. The fraction of sp³-hybridized carbons (Fsp3) is 0.0385. The molecule has 0 spiro atoms.